The van der Waals surface area contributed by atoms with Gasteiger partial charge in [0.25, 0.3) is 0 Å². The Morgan fingerprint density at radius 3 is 2.35 bits per heavy atom. The van der Waals surface area contributed by atoms with Crippen LogP contribution in [0, 0.1) is 5.92 Å². The van der Waals surface area contributed by atoms with Gasteiger partial charge < -0.3 is 5.32 Å². The highest BCUT2D eigenvalue weighted by molar-refractivity contribution is 9.10. The first kappa shape index (κ1) is 18.7. The summed E-state index contributed by atoms with van der Waals surface area (Å²) in [6.45, 7) is 7.82. The summed E-state index contributed by atoms with van der Waals surface area (Å²) in [5.74, 6) is 0.537. The summed E-state index contributed by atoms with van der Waals surface area (Å²) in [5, 5.41) is 3.30. The first-order chi connectivity index (χ1) is 10.8. The Hall–Kier alpha value is -0.590. The molecule has 1 heterocycles. The minimum Gasteiger partial charge on any atom is -0.314 e. The summed E-state index contributed by atoms with van der Waals surface area (Å²) in [4.78, 5) is 2.31. The van der Waals surface area contributed by atoms with Crippen molar-refractivity contribution in [2.24, 2.45) is 5.92 Å². The number of hydrogen-bond acceptors (Lipinski definition) is 2. The molecule has 6 heteroatoms. The van der Waals surface area contributed by atoms with Crippen molar-refractivity contribution >= 4 is 15.9 Å². The Morgan fingerprint density at radius 1 is 1.13 bits per heavy atom. The van der Waals surface area contributed by atoms with E-state index in [-0.39, 0.29) is 6.04 Å². The number of rotatable bonds is 5. The molecule has 0 aromatic heterocycles. The summed E-state index contributed by atoms with van der Waals surface area (Å²) in [7, 11) is 0. The molecule has 0 aliphatic carbocycles. The number of alkyl halides is 3. The van der Waals surface area contributed by atoms with Gasteiger partial charge in [-0.15, -0.1) is 0 Å². The zero-order chi connectivity index (χ0) is 17.0. The zero-order valence-electron chi connectivity index (χ0n) is 13.6. The molecule has 23 heavy (non-hydrogen) atoms. The van der Waals surface area contributed by atoms with Crippen LogP contribution in [0.4, 0.5) is 13.2 Å². The van der Waals surface area contributed by atoms with Crippen molar-refractivity contribution in [1.82, 2.24) is 10.2 Å². The Bertz CT molecular complexity index is 511. The lowest BCUT2D eigenvalue weighted by Crippen LogP contribution is -2.45. The van der Waals surface area contributed by atoms with E-state index in [2.05, 4.69) is 40.0 Å². The predicted octanol–water partition coefficient (Wildman–Crippen LogP) is 4.85. The fourth-order valence-corrected chi connectivity index (χ4v) is 3.52. The topological polar surface area (TPSA) is 15.3 Å². The third kappa shape index (κ3) is 5.47. The summed E-state index contributed by atoms with van der Waals surface area (Å²) >= 11 is 3.25. The quantitative estimate of drug-likeness (QED) is 0.770. The highest BCUT2D eigenvalue weighted by atomic mass is 79.9. The molecule has 0 spiro atoms. The molecule has 0 bridgehead atoms. The number of benzene rings is 1. The number of piperazine rings is 1. The highest BCUT2D eigenvalue weighted by Gasteiger charge is 2.32. The normalized spacial score (nSPS) is 18.4. The molecule has 1 aromatic carbocycles. The first-order valence-electron chi connectivity index (χ1n) is 8.10. The average Bonchev–Trinajstić information content (AvgIpc) is 2.47. The van der Waals surface area contributed by atoms with Gasteiger partial charge in [-0.25, -0.2) is 0 Å². The Kier molecular flexibility index (Phi) is 6.51. The minimum atomic E-state index is -4.31. The van der Waals surface area contributed by atoms with E-state index in [9.17, 15) is 13.2 Å². The molecule has 0 saturated carbocycles. The molecular weight excluding hydrogens is 369 g/mol. The Labute approximate surface area is 144 Å². The maximum Gasteiger partial charge on any atom is 0.416 e. The van der Waals surface area contributed by atoms with Crippen LogP contribution in [0.1, 0.15) is 43.9 Å². The SMILES string of the molecule is CC(C)CC[C@@H](c1cc(Br)cc(C(F)(F)F)c1)N1CCNCC1. The third-order valence-electron chi connectivity index (χ3n) is 4.24. The molecule has 0 radical (unpaired) electrons. The minimum absolute atomic E-state index is 0.0399. The van der Waals surface area contributed by atoms with Crippen LogP contribution >= 0.6 is 15.9 Å². The highest BCUT2D eigenvalue weighted by Crippen LogP contribution is 2.36. The van der Waals surface area contributed by atoms with Crippen molar-refractivity contribution in [3.05, 3.63) is 33.8 Å². The van der Waals surface area contributed by atoms with E-state index in [1.807, 2.05) is 6.07 Å². The largest absolute Gasteiger partial charge is 0.416 e. The molecule has 1 aliphatic rings. The van der Waals surface area contributed by atoms with E-state index >= 15 is 0 Å². The maximum atomic E-state index is 13.1. The van der Waals surface area contributed by atoms with E-state index in [0.29, 0.717) is 10.4 Å². The predicted molar refractivity (Wildman–Crippen MR) is 90.4 cm³/mol. The molecule has 1 atom stereocenters. The van der Waals surface area contributed by atoms with Gasteiger partial charge in [0, 0.05) is 36.7 Å². The molecule has 1 N–H and O–H groups in total. The van der Waals surface area contributed by atoms with Gasteiger partial charge in [0.2, 0.25) is 0 Å². The van der Waals surface area contributed by atoms with Gasteiger partial charge in [0.15, 0.2) is 0 Å². The second kappa shape index (κ2) is 7.99. The van der Waals surface area contributed by atoms with Crippen LogP contribution in [0.5, 0.6) is 0 Å². The molecule has 0 unspecified atom stereocenters. The van der Waals surface area contributed by atoms with E-state index in [0.717, 1.165) is 50.7 Å². The molecular formula is C17H24BrF3N2. The maximum absolute atomic E-state index is 13.1. The van der Waals surface area contributed by atoms with E-state index in [4.69, 9.17) is 0 Å². The summed E-state index contributed by atoms with van der Waals surface area (Å²) in [6.07, 6.45) is -2.43. The van der Waals surface area contributed by atoms with Crippen molar-refractivity contribution in [3.8, 4) is 0 Å². The number of halogens is 4. The second-order valence-electron chi connectivity index (χ2n) is 6.54. The van der Waals surface area contributed by atoms with Crippen LogP contribution in [0.2, 0.25) is 0 Å². The molecule has 1 fully saturated rings. The van der Waals surface area contributed by atoms with Crippen molar-refractivity contribution in [2.45, 2.75) is 38.9 Å². The van der Waals surface area contributed by atoms with Gasteiger partial charge in [-0.1, -0.05) is 29.8 Å². The molecule has 1 aromatic rings. The van der Waals surface area contributed by atoms with Gasteiger partial charge in [-0.2, -0.15) is 13.2 Å². The lowest BCUT2D eigenvalue weighted by atomic mass is 9.94. The smallest absolute Gasteiger partial charge is 0.314 e. The number of nitrogens with one attached hydrogen (secondary N) is 1. The fourth-order valence-electron chi connectivity index (χ4n) is 3.01. The summed E-state index contributed by atoms with van der Waals surface area (Å²) in [6, 6.07) is 4.35. The van der Waals surface area contributed by atoms with Crippen molar-refractivity contribution in [2.75, 3.05) is 26.2 Å². The third-order valence-corrected chi connectivity index (χ3v) is 4.70. The Morgan fingerprint density at radius 2 is 1.78 bits per heavy atom. The molecule has 1 saturated heterocycles. The van der Waals surface area contributed by atoms with Crippen LogP contribution in [-0.4, -0.2) is 31.1 Å². The number of hydrogen-bond donors (Lipinski definition) is 1. The van der Waals surface area contributed by atoms with Crippen molar-refractivity contribution in [1.29, 1.82) is 0 Å². The lowest BCUT2D eigenvalue weighted by molar-refractivity contribution is -0.137. The lowest BCUT2D eigenvalue weighted by Gasteiger charge is -2.36. The Balaban J connectivity index is 2.31. The second-order valence-corrected chi connectivity index (χ2v) is 7.46. The van der Waals surface area contributed by atoms with Crippen LogP contribution < -0.4 is 5.32 Å². The van der Waals surface area contributed by atoms with Gasteiger partial charge >= 0.3 is 6.18 Å². The van der Waals surface area contributed by atoms with E-state index in [1.54, 1.807) is 0 Å². The van der Waals surface area contributed by atoms with Gasteiger partial charge in [0.1, 0.15) is 0 Å². The average molecular weight is 393 g/mol. The van der Waals surface area contributed by atoms with Crippen molar-refractivity contribution < 1.29 is 13.2 Å². The molecule has 1 aliphatic heterocycles. The standard InChI is InChI=1S/C17H24BrF3N2/c1-12(2)3-4-16(23-7-5-22-6-8-23)13-9-14(17(19,20)21)11-15(18)10-13/h9-12,16,22H,3-8H2,1-2H3/t16-/m0/s1. The molecule has 2 nitrogen and oxygen atoms in total. The van der Waals surface area contributed by atoms with Crippen LogP contribution in [0.15, 0.2) is 22.7 Å². The summed E-state index contributed by atoms with van der Waals surface area (Å²) < 4.78 is 39.9. The fraction of sp³-hybridized carbons (Fsp3) is 0.647. The van der Waals surface area contributed by atoms with Gasteiger partial charge in [-0.3, -0.25) is 4.90 Å². The van der Waals surface area contributed by atoms with Crippen LogP contribution in [0.3, 0.4) is 0 Å². The van der Waals surface area contributed by atoms with E-state index < -0.39 is 11.7 Å². The monoisotopic (exact) mass is 392 g/mol. The molecule has 0 amide bonds. The van der Waals surface area contributed by atoms with Gasteiger partial charge in [-0.05, 0) is 42.5 Å². The number of nitrogens with zero attached hydrogens (tertiary/aromatic N) is 1. The van der Waals surface area contributed by atoms with Gasteiger partial charge in [0.05, 0.1) is 5.56 Å². The van der Waals surface area contributed by atoms with Crippen LogP contribution in [-0.2, 0) is 6.18 Å². The van der Waals surface area contributed by atoms with Crippen LogP contribution in [0.25, 0.3) is 0 Å². The zero-order valence-corrected chi connectivity index (χ0v) is 15.2. The van der Waals surface area contributed by atoms with E-state index in [1.165, 1.54) is 6.07 Å². The molecule has 130 valence electrons. The van der Waals surface area contributed by atoms with Crippen molar-refractivity contribution in [3.63, 3.8) is 0 Å². The molecule has 2 rings (SSSR count). The first-order valence-corrected chi connectivity index (χ1v) is 8.89. The summed E-state index contributed by atoms with van der Waals surface area (Å²) in [5.41, 5.74) is 0.181.